The van der Waals surface area contributed by atoms with Gasteiger partial charge in [0.25, 0.3) is 0 Å². The summed E-state index contributed by atoms with van der Waals surface area (Å²) < 4.78 is 5.69. The molecule has 0 aromatic heterocycles. The van der Waals surface area contributed by atoms with Crippen LogP contribution in [0.4, 0.5) is 11.4 Å². The van der Waals surface area contributed by atoms with E-state index >= 15 is 0 Å². The molecule has 0 amide bonds. The molecule has 2 rings (SSSR count). The fourth-order valence-corrected chi connectivity index (χ4v) is 2.29. The first kappa shape index (κ1) is 11.7. The summed E-state index contributed by atoms with van der Waals surface area (Å²) in [6, 6.07) is 7.67. The fourth-order valence-electron chi connectivity index (χ4n) is 2.29. The van der Waals surface area contributed by atoms with Gasteiger partial charge in [0, 0.05) is 18.8 Å². The van der Waals surface area contributed by atoms with Crippen LogP contribution in [-0.2, 0) is 4.74 Å². The summed E-state index contributed by atoms with van der Waals surface area (Å²) in [5.74, 6) is 0. The number of benzene rings is 1. The first-order valence-corrected chi connectivity index (χ1v) is 5.80. The van der Waals surface area contributed by atoms with E-state index in [4.69, 9.17) is 15.7 Å². The van der Waals surface area contributed by atoms with Gasteiger partial charge in [-0.25, -0.2) is 0 Å². The van der Waals surface area contributed by atoms with Crippen molar-refractivity contribution in [2.24, 2.45) is 0 Å². The highest BCUT2D eigenvalue weighted by Crippen LogP contribution is 2.25. The SMILES string of the molecule is C[C@@H]1CN(c2ccc(N)cc2C#N)C[C@H](C)O1. The van der Waals surface area contributed by atoms with Crippen LogP contribution in [0.25, 0.3) is 0 Å². The first-order valence-electron chi connectivity index (χ1n) is 5.80. The lowest BCUT2D eigenvalue weighted by Crippen LogP contribution is -2.45. The summed E-state index contributed by atoms with van der Waals surface area (Å²) in [5, 5.41) is 9.14. The molecule has 2 N–H and O–H groups in total. The molecule has 1 heterocycles. The van der Waals surface area contributed by atoms with Gasteiger partial charge in [0.15, 0.2) is 0 Å². The van der Waals surface area contributed by atoms with Crippen LogP contribution in [0.5, 0.6) is 0 Å². The van der Waals surface area contributed by atoms with Crippen molar-refractivity contribution in [3.63, 3.8) is 0 Å². The third-order valence-electron chi connectivity index (χ3n) is 2.90. The zero-order chi connectivity index (χ0) is 12.4. The number of anilines is 2. The van der Waals surface area contributed by atoms with Gasteiger partial charge < -0.3 is 15.4 Å². The third kappa shape index (κ3) is 2.51. The maximum Gasteiger partial charge on any atom is 0.101 e. The average Bonchev–Trinajstić information content (AvgIpc) is 2.27. The van der Waals surface area contributed by atoms with Crippen LogP contribution >= 0.6 is 0 Å². The molecule has 4 heteroatoms. The number of rotatable bonds is 1. The standard InChI is InChI=1S/C13H17N3O/c1-9-7-16(8-10(2)17-9)13-4-3-12(15)5-11(13)6-14/h3-5,9-10H,7-8,15H2,1-2H3/t9-,10+. The molecule has 2 atom stereocenters. The summed E-state index contributed by atoms with van der Waals surface area (Å²) >= 11 is 0. The summed E-state index contributed by atoms with van der Waals surface area (Å²) in [6.07, 6.45) is 0.366. The molecule has 90 valence electrons. The average molecular weight is 231 g/mol. The van der Waals surface area contributed by atoms with E-state index in [-0.39, 0.29) is 12.2 Å². The molecule has 1 aliphatic rings. The molecule has 0 aliphatic carbocycles. The highest BCUT2D eigenvalue weighted by atomic mass is 16.5. The smallest absolute Gasteiger partial charge is 0.101 e. The molecule has 0 radical (unpaired) electrons. The normalized spacial score (nSPS) is 24.4. The Morgan fingerprint density at radius 1 is 1.35 bits per heavy atom. The highest BCUT2D eigenvalue weighted by Gasteiger charge is 2.23. The predicted octanol–water partition coefficient (Wildman–Crippen LogP) is 1.75. The van der Waals surface area contributed by atoms with Gasteiger partial charge in [-0.3, -0.25) is 0 Å². The van der Waals surface area contributed by atoms with Gasteiger partial charge in [0.2, 0.25) is 0 Å². The van der Waals surface area contributed by atoms with E-state index in [0.717, 1.165) is 18.8 Å². The van der Waals surface area contributed by atoms with Crippen molar-refractivity contribution in [3.05, 3.63) is 23.8 Å². The van der Waals surface area contributed by atoms with Crippen LogP contribution in [0.2, 0.25) is 0 Å². The van der Waals surface area contributed by atoms with E-state index in [1.807, 2.05) is 26.0 Å². The van der Waals surface area contributed by atoms with E-state index in [1.54, 1.807) is 6.07 Å². The largest absolute Gasteiger partial charge is 0.399 e. The minimum absolute atomic E-state index is 0.183. The van der Waals surface area contributed by atoms with Gasteiger partial charge >= 0.3 is 0 Å². The van der Waals surface area contributed by atoms with E-state index in [2.05, 4.69) is 11.0 Å². The minimum Gasteiger partial charge on any atom is -0.399 e. The third-order valence-corrected chi connectivity index (χ3v) is 2.90. The zero-order valence-electron chi connectivity index (χ0n) is 10.2. The van der Waals surface area contributed by atoms with E-state index in [9.17, 15) is 0 Å². The molecule has 1 aromatic rings. The molecular formula is C13H17N3O. The molecule has 0 unspecified atom stereocenters. The minimum atomic E-state index is 0.183. The van der Waals surface area contributed by atoms with Crippen LogP contribution in [0.1, 0.15) is 19.4 Å². The van der Waals surface area contributed by atoms with Gasteiger partial charge in [0.1, 0.15) is 6.07 Å². The van der Waals surface area contributed by atoms with Gasteiger partial charge in [-0.1, -0.05) is 0 Å². The van der Waals surface area contributed by atoms with Crippen LogP contribution in [0.3, 0.4) is 0 Å². The monoisotopic (exact) mass is 231 g/mol. The lowest BCUT2D eigenvalue weighted by Gasteiger charge is -2.37. The topological polar surface area (TPSA) is 62.3 Å². The highest BCUT2D eigenvalue weighted by molar-refractivity contribution is 5.64. The lowest BCUT2D eigenvalue weighted by molar-refractivity contribution is -0.00522. The number of morpholine rings is 1. The zero-order valence-corrected chi connectivity index (χ0v) is 10.2. The number of nitriles is 1. The number of nitrogens with zero attached hydrogens (tertiary/aromatic N) is 2. The number of nitrogens with two attached hydrogens (primary N) is 1. The molecule has 1 aliphatic heterocycles. The van der Waals surface area contributed by atoms with Crippen LogP contribution in [0, 0.1) is 11.3 Å². The molecule has 0 spiro atoms. The van der Waals surface area contributed by atoms with Crippen molar-refractivity contribution in [3.8, 4) is 6.07 Å². The molecule has 0 saturated carbocycles. The molecule has 1 saturated heterocycles. The van der Waals surface area contributed by atoms with Gasteiger partial charge in [0.05, 0.1) is 23.5 Å². The van der Waals surface area contributed by atoms with Crippen molar-refractivity contribution in [1.82, 2.24) is 0 Å². The van der Waals surface area contributed by atoms with Gasteiger partial charge in [-0.05, 0) is 32.0 Å². The number of hydrogen-bond acceptors (Lipinski definition) is 4. The van der Waals surface area contributed by atoms with Gasteiger partial charge in [-0.15, -0.1) is 0 Å². The second-order valence-electron chi connectivity index (χ2n) is 4.55. The Bertz CT molecular complexity index is 442. The van der Waals surface area contributed by atoms with Crippen molar-refractivity contribution in [2.45, 2.75) is 26.1 Å². The Morgan fingerprint density at radius 2 is 2.00 bits per heavy atom. The van der Waals surface area contributed by atoms with E-state index < -0.39 is 0 Å². The summed E-state index contributed by atoms with van der Waals surface area (Å²) in [6.45, 7) is 5.71. The Hall–Kier alpha value is -1.73. The second kappa shape index (κ2) is 4.64. The Morgan fingerprint density at radius 3 is 2.59 bits per heavy atom. The van der Waals surface area contributed by atoms with Crippen molar-refractivity contribution in [2.75, 3.05) is 23.7 Å². The van der Waals surface area contributed by atoms with E-state index in [0.29, 0.717) is 11.3 Å². The van der Waals surface area contributed by atoms with Crippen molar-refractivity contribution < 1.29 is 4.74 Å². The van der Waals surface area contributed by atoms with Gasteiger partial charge in [-0.2, -0.15) is 5.26 Å². The number of hydrogen-bond donors (Lipinski definition) is 1. The van der Waals surface area contributed by atoms with Crippen LogP contribution < -0.4 is 10.6 Å². The fraction of sp³-hybridized carbons (Fsp3) is 0.462. The number of nitrogen functional groups attached to an aromatic ring is 1. The molecular weight excluding hydrogens is 214 g/mol. The second-order valence-corrected chi connectivity index (χ2v) is 4.55. The lowest BCUT2D eigenvalue weighted by atomic mass is 10.1. The van der Waals surface area contributed by atoms with Crippen LogP contribution in [-0.4, -0.2) is 25.3 Å². The molecule has 1 aromatic carbocycles. The Labute approximate surface area is 102 Å². The predicted molar refractivity (Wildman–Crippen MR) is 67.8 cm³/mol. The Kier molecular flexibility index (Phi) is 3.21. The Balaban J connectivity index is 2.30. The maximum absolute atomic E-state index is 9.14. The molecule has 17 heavy (non-hydrogen) atoms. The summed E-state index contributed by atoms with van der Waals surface area (Å²) in [5.41, 5.74) is 7.90. The molecule has 4 nitrogen and oxygen atoms in total. The quantitative estimate of drug-likeness (QED) is 0.748. The molecule has 0 bridgehead atoms. The van der Waals surface area contributed by atoms with Crippen LogP contribution in [0.15, 0.2) is 18.2 Å². The summed E-state index contributed by atoms with van der Waals surface area (Å²) in [7, 11) is 0. The van der Waals surface area contributed by atoms with Crippen molar-refractivity contribution in [1.29, 1.82) is 5.26 Å². The summed E-state index contributed by atoms with van der Waals surface area (Å²) in [4.78, 5) is 2.19. The number of ether oxygens (including phenoxy) is 1. The van der Waals surface area contributed by atoms with Crippen molar-refractivity contribution >= 4 is 11.4 Å². The molecule has 1 fully saturated rings. The maximum atomic E-state index is 9.14. The van der Waals surface area contributed by atoms with E-state index in [1.165, 1.54) is 0 Å². The first-order chi connectivity index (χ1) is 8.10.